The van der Waals surface area contributed by atoms with Crippen LogP contribution in [0.25, 0.3) is 10.9 Å². The van der Waals surface area contributed by atoms with Gasteiger partial charge in [-0.25, -0.2) is 0 Å². The van der Waals surface area contributed by atoms with E-state index in [1.54, 1.807) is 6.20 Å². The number of aromatic nitrogens is 1. The fourth-order valence-corrected chi connectivity index (χ4v) is 3.17. The molecule has 1 N–H and O–H groups in total. The Labute approximate surface area is 133 Å². The number of fused-ring (bicyclic) bond motifs is 1. The fourth-order valence-electron chi connectivity index (χ4n) is 3.17. The van der Waals surface area contributed by atoms with Gasteiger partial charge in [0.05, 0.1) is 11.1 Å². The van der Waals surface area contributed by atoms with Gasteiger partial charge in [-0.05, 0) is 50.6 Å². The van der Waals surface area contributed by atoms with Crippen LogP contribution < -0.4 is 5.32 Å². The van der Waals surface area contributed by atoms with E-state index in [4.69, 9.17) is 0 Å². The van der Waals surface area contributed by atoms with Gasteiger partial charge in [-0.3, -0.25) is 4.98 Å². The van der Waals surface area contributed by atoms with Gasteiger partial charge in [-0.1, -0.05) is 6.07 Å². The van der Waals surface area contributed by atoms with Gasteiger partial charge < -0.3 is 10.2 Å². The molecule has 1 aromatic heterocycles. The number of piperidine rings is 1. The Morgan fingerprint density at radius 3 is 2.87 bits per heavy atom. The van der Waals surface area contributed by atoms with Crippen molar-refractivity contribution in [1.29, 1.82) is 0 Å². The predicted octanol–water partition coefficient (Wildman–Crippen LogP) is 4.01. The monoisotopic (exact) mass is 323 g/mol. The average molecular weight is 323 g/mol. The molecular weight excluding hydrogens is 303 g/mol. The number of anilines is 1. The summed E-state index contributed by atoms with van der Waals surface area (Å²) in [6.45, 7) is 3.01. The molecule has 1 saturated heterocycles. The molecular formula is C17H20F3N3. The van der Waals surface area contributed by atoms with Crippen molar-refractivity contribution in [2.75, 3.05) is 32.0 Å². The highest BCUT2D eigenvalue weighted by atomic mass is 19.4. The van der Waals surface area contributed by atoms with E-state index < -0.39 is 11.7 Å². The van der Waals surface area contributed by atoms with Crippen molar-refractivity contribution in [3.63, 3.8) is 0 Å². The number of nitrogens with zero attached hydrogens (tertiary/aromatic N) is 2. The molecule has 0 saturated carbocycles. The fraction of sp³-hybridized carbons (Fsp3) is 0.471. The summed E-state index contributed by atoms with van der Waals surface area (Å²) in [6, 6.07) is 5.54. The molecule has 3 nitrogen and oxygen atoms in total. The minimum Gasteiger partial charge on any atom is -0.384 e. The summed E-state index contributed by atoms with van der Waals surface area (Å²) in [5.74, 6) is 0.561. The summed E-state index contributed by atoms with van der Waals surface area (Å²) in [7, 11) is 2.12. The quantitative estimate of drug-likeness (QED) is 0.925. The summed E-state index contributed by atoms with van der Waals surface area (Å²) < 4.78 is 38.4. The van der Waals surface area contributed by atoms with E-state index in [9.17, 15) is 13.2 Å². The summed E-state index contributed by atoms with van der Waals surface area (Å²) in [6.07, 6.45) is -0.419. The van der Waals surface area contributed by atoms with E-state index in [1.165, 1.54) is 18.9 Å². The number of hydrogen-bond acceptors (Lipinski definition) is 3. The van der Waals surface area contributed by atoms with E-state index in [0.717, 1.165) is 42.8 Å². The van der Waals surface area contributed by atoms with E-state index in [2.05, 4.69) is 22.2 Å². The van der Waals surface area contributed by atoms with Crippen LogP contribution in [0.3, 0.4) is 0 Å². The van der Waals surface area contributed by atoms with Gasteiger partial charge in [-0.2, -0.15) is 13.2 Å². The molecule has 6 heteroatoms. The predicted molar refractivity (Wildman–Crippen MR) is 85.5 cm³/mol. The number of likely N-dealkylation sites (tertiary alicyclic amines) is 1. The minimum atomic E-state index is -4.34. The highest BCUT2D eigenvalue weighted by Crippen LogP contribution is 2.32. The Morgan fingerprint density at radius 2 is 2.13 bits per heavy atom. The highest BCUT2D eigenvalue weighted by Gasteiger charge is 2.30. The maximum Gasteiger partial charge on any atom is 0.416 e. The van der Waals surface area contributed by atoms with Gasteiger partial charge in [0.25, 0.3) is 0 Å². The van der Waals surface area contributed by atoms with Crippen LogP contribution in [0.4, 0.5) is 18.9 Å². The molecule has 23 heavy (non-hydrogen) atoms. The molecule has 1 aliphatic heterocycles. The van der Waals surface area contributed by atoms with Crippen LogP contribution in [-0.4, -0.2) is 36.6 Å². The maximum absolute atomic E-state index is 12.8. The lowest BCUT2D eigenvalue weighted by Crippen LogP contribution is -2.35. The van der Waals surface area contributed by atoms with Crippen molar-refractivity contribution in [1.82, 2.24) is 9.88 Å². The zero-order chi connectivity index (χ0) is 16.4. The molecule has 2 heterocycles. The Morgan fingerprint density at radius 1 is 1.30 bits per heavy atom. The molecule has 0 amide bonds. The van der Waals surface area contributed by atoms with Gasteiger partial charge >= 0.3 is 6.18 Å². The molecule has 1 unspecified atom stereocenters. The van der Waals surface area contributed by atoms with E-state index >= 15 is 0 Å². The number of alkyl halides is 3. The lowest BCUT2D eigenvalue weighted by atomic mass is 9.98. The lowest BCUT2D eigenvalue weighted by Gasteiger charge is -2.30. The third-order valence-corrected chi connectivity index (χ3v) is 4.37. The molecule has 0 spiro atoms. The molecule has 0 aliphatic carbocycles. The topological polar surface area (TPSA) is 28.2 Å². The number of halogens is 3. The average Bonchev–Trinajstić information content (AvgIpc) is 2.51. The van der Waals surface area contributed by atoms with Crippen LogP contribution in [-0.2, 0) is 6.18 Å². The summed E-state index contributed by atoms with van der Waals surface area (Å²) in [5, 5.41) is 4.11. The van der Waals surface area contributed by atoms with Crippen molar-refractivity contribution in [2.24, 2.45) is 5.92 Å². The molecule has 2 aromatic rings. The zero-order valence-electron chi connectivity index (χ0n) is 13.0. The molecule has 1 aromatic carbocycles. The number of nitrogens with one attached hydrogen (secondary N) is 1. The Kier molecular flexibility index (Phi) is 4.43. The largest absolute Gasteiger partial charge is 0.416 e. The molecule has 1 fully saturated rings. The van der Waals surface area contributed by atoms with Crippen LogP contribution in [0.1, 0.15) is 18.4 Å². The van der Waals surface area contributed by atoms with Crippen molar-refractivity contribution < 1.29 is 13.2 Å². The van der Waals surface area contributed by atoms with Crippen molar-refractivity contribution in [3.05, 3.63) is 36.0 Å². The summed E-state index contributed by atoms with van der Waals surface area (Å²) >= 11 is 0. The van der Waals surface area contributed by atoms with Crippen LogP contribution in [0.15, 0.2) is 30.5 Å². The molecule has 1 aliphatic rings. The van der Waals surface area contributed by atoms with Crippen LogP contribution in [0.2, 0.25) is 0 Å². The minimum absolute atomic E-state index is 0.366. The lowest BCUT2D eigenvalue weighted by molar-refractivity contribution is -0.137. The first-order chi connectivity index (χ1) is 10.9. The van der Waals surface area contributed by atoms with E-state index in [0.29, 0.717) is 11.4 Å². The van der Waals surface area contributed by atoms with Crippen LogP contribution in [0.5, 0.6) is 0 Å². The zero-order valence-corrected chi connectivity index (χ0v) is 13.0. The SMILES string of the molecule is CN1CCCC(CNc2ccnc3cc(C(F)(F)F)ccc23)C1. The number of benzene rings is 1. The van der Waals surface area contributed by atoms with Gasteiger partial charge in [0.2, 0.25) is 0 Å². The molecule has 0 bridgehead atoms. The third-order valence-electron chi connectivity index (χ3n) is 4.37. The molecule has 0 radical (unpaired) electrons. The van der Waals surface area contributed by atoms with Gasteiger partial charge in [-0.15, -0.1) is 0 Å². The maximum atomic E-state index is 12.8. The number of hydrogen-bond donors (Lipinski definition) is 1. The summed E-state index contributed by atoms with van der Waals surface area (Å²) in [5.41, 5.74) is 0.547. The normalized spacial score (nSPS) is 19.9. The second-order valence-electron chi connectivity index (χ2n) is 6.24. The third kappa shape index (κ3) is 3.75. The first-order valence-electron chi connectivity index (χ1n) is 7.82. The first kappa shape index (κ1) is 16.1. The summed E-state index contributed by atoms with van der Waals surface area (Å²) in [4.78, 5) is 6.39. The van der Waals surface area contributed by atoms with Crippen LogP contribution >= 0.6 is 0 Å². The second kappa shape index (κ2) is 6.35. The van der Waals surface area contributed by atoms with Crippen molar-refractivity contribution >= 4 is 16.6 Å². The van der Waals surface area contributed by atoms with E-state index in [-0.39, 0.29) is 0 Å². The Hall–Kier alpha value is -1.82. The molecule has 124 valence electrons. The smallest absolute Gasteiger partial charge is 0.384 e. The molecule has 1 atom stereocenters. The van der Waals surface area contributed by atoms with Gasteiger partial charge in [0.15, 0.2) is 0 Å². The highest BCUT2D eigenvalue weighted by molar-refractivity contribution is 5.91. The van der Waals surface area contributed by atoms with Gasteiger partial charge in [0.1, 0.15) is 0 Å². The standard InChI is InChI=1S/C17H20F3N3/c1-23-8-2-3-12(11-23)10-22-15-6-7-21-16-9-13(17(18,19)20)4-5-14(15)16/h4-7,9,12H,2-3,8,10-11H2,1H3,(H,21,22). The number of pyridine rings is 1. The first-order valence-corrected chi connectivity index (χ1v) is 7.82. The van der Waals surface area contributed by atoms with Crippen LogP contribution in [0, 0.1) is 5.92 Å². The van der Waals surface area contributed by atoms with Gasteiger partial charge in [0, 0.05) is 30.4 Å². The Bertz CT molecular complexity index is 684. The Balaban J connectivity index is 1.78. The number of rotatable bonds is 3. The van der Waals surface area contributed by atoms with Crippen molar-refractivity contribution in [2.45, 2.75) is 19.0 Å². The second-order valence-corrected chi connectivity index (χ2v) is 6.24. The van der Waals surface area contributed by atoms with E-state index in [1.807, 2.05) is 6.07 Å². The molecule has 3 rings (SSSR count). The van der Waals surface area contributed by atoms with Crippen molar-refractivity contribution in [3.8, 4) is 0 Å².